The number of anilines is 3. The first kappa shape index (κ1) is 11.8. The molecule has 0 unspecified atom stereocenters. The van der Waals surface area contributed by atoms with E-state index < -0.39 is 0 Å². The molecule has 0 aliphatic heterocycles. The number of rotatable bonds is 3. The summed E-state index contributed by atoms with van der Waals surface area (Å²) in [4.78, 5) is 0. The molecule has 0 heterocycles. The number of nitrogens with zero attached hydrogens (tertiary/aromatic N) is 1. The predicted molar refractivity (Wildman–Crippen MR) is 71.8 cm³/mol. The van der Waals surface area contributed by atoms with Crippen LogP contribution in [0.15, 0.2) is 42.5 Å². The number of hydrogen-bond acceptors (Lipinski definition) is 4. The Morgan fingerprint density at radius 3 is 2.50 bits per heavy atom. The summed E-state index contributed by atoms with van der Waals surface area (Å²) in [6.45, 7) is 0. The highest BCUT2D eigenvalue weighted by Crippen LogP contribution is 2.25. The Bertz CT molecular complexity index is 585. The first-order valence-electron chi connectivity index (χ1n) is 5.43. The van der Waals surface area contributed by atoms with Crippen molar-refractivity contribution in [2.75, 3.05) is 18.2 Å². The SMILES string of the molecule is COc1ccc(C#N)c(Nc2ccc(N)cc2)c1. The van der Waals surface area contributed by atoms with Crippen molar-refractivity contribution in [2.24, 2.45) is 0 Å². The average molecular weight is 239 g/mol. The van der Waals surface area contributed by atoms with Gasteiger partial charge in [-0.25, -0.2) is 0 Å². The first-order chi connectivity index (χ1) is 8.72. The molecule has 3 N–H and O–H groups in total. The molecule has 2 aromatic rings. The minimum atomic E-state index is 0.563. The summed E-state index contributed by atoms with van der Waals surface area (Å²) in [6.07, 6.45) is 0. The highest BCUT2D eigenvalue weighted by atomic mass is 16.5. The number of methoxy groups -OCH3 is 1. The molecule has 2 aromatic carbocycles. The second kappa shape index (κ2) is 5.11. The van der Waals surface area contributed by atoms with Gasteiger partial charge in [-0.3, -0.25) is 0 Å². The molecular weight excluding hydrogens is 226 g/mol. The fourth-order valence-corrected chi connectivity index (χ4v) is 1.57. The molecule has 0 bridgehead atoms. The van der Waals surface area contributed by atoms with Gasteiger partial charge in [-0.2, -0.15) is 5.26 Å². The predicted octanol–water partition coefficient (Wildman–Crippen LogP) is 2.89. The van der Waals surface area contributed by atoms with Crippen LogP contribution in [0.5, 0.6) is 5.75 Å². The van der Waals surface area contributed by atoms with E-state index in [4.69, 9.17) is 15.7 Å². The normalized spacial score (nSPS) is 9.56. The molecule has 0 aliphatic rings. The molecule has 0 aromatic heterocycles. The molecule has 0 saturated heterocycles. The first-order valence-corrected chi connectivity index (χ1v) is 5.43. The summed E-state index contributed by atoms with van der Waals surface area (Å²) in [5, 5.41) is 12.2. The van der Waals surface area contributed by atoms with Crippen LogP contribution in [0.4, 0.5) is 17.1 Å². The zero-order valence-electron chi connectivity index (χ0n) is 9.97. The van der Waals surface area contributed by atoms with E-state index in [1.54, 1.807) is 37.4 Å². The molecule has 0 atom stereocenters. The molecular formula is C14H13N3O. The van der Waals surface area contributed by atoms with Gasteiger partial charge < -0.3 is 15.8 Å². The van der Waals surface area contributed by atoms with Crippen LogP contribution in [0.3, 0.4) is 0 Å². The smallest absolute Gasteiger partial charge is 0.121 e. The lowest BCUT2D eigenvalue weighted by molar-refractivity contribution is 0.415. The van der Waals surface area contributed by atoms with E-state index in [9.17, 15) is 0 Å². The van der Waals surface area contributed by atoms with Crippen LogP contribution in [0, 0.1) is 11.3 Å². The van der Waals surface area contributed by atoms with Gasteiger partial charge in [-0.1, -0.05) is 0 Å². The molecule has 2 rings (SSSR count). The molecule has 0 radical (unpaired) electrons. The van der Waals surface area contributed by atoms with Gasteiger partial charge in [0.1, 0.15) is 11.8 Å². The topological polar surface area (TPSA) is 71.1 Å². The highest BCUT2D eigenvalue weighted by Gasteiger charge is 2.04. The standard InChI is InChI=1S/C14H13N3O/c1-18-13-7-2-10(9-15)14(8-13)17-12-5-3-11(16)4-6-12/h2-8,17H,16H2,1H3. The van der Waals surface area contributed by atoms with Gasteiger partial charge in [0.05, 0.1) is 18.4 Å². The molecule has 4 heteroatoms. The second-order valence-electron chi connectivity index (χ2n) is 3.77. The monoisotopic (exact) mass is 239 g/mol. The Hall–Kier alpha value is -2.67. The third-order valence-electron chi connectivity index (χ3n) is 2.54. The Kier molecular flexibility index (Phi) is 3.35. The summed E-state index contributed by atoms with van der Waals surface area (Å²) >= 11 is 0. The third kappa shape index (κ3) is 2.53. The Labute approximate surface area is 106 Å². The largest absolute Gasteiger partial charge is 0.497 e. The lowest BCUT2D eigenvalue weighted by Crippen LogP contribution is -1.95. The maximum atomic E-state index is 9.05. The van der Waals surface area contributed by atoms with Crippen molar-refractivity contribution in [1.29, 1.82) is 5.26 Å². The van der Waals surface area contributed by atoms with Crippen molar-refractivity contribution in [3.05, 3.63) is 48.0 Å². The van der Waals surface area contributed by atoms with Crippen molar-refractivity contribution in [2.45, 2.75) is 0 Å². The number of hydrogen-bond donors (Lipinski definition) is 2. The van der Waals surface area contributed by atoms with E-state index in [-0.39, 0.29) is 0 Å². The second-order valence-corrected chi connectivity index (χ2v) is 3.77. The van der Waals surface area contributed by atoms with Crippen molar-refractivity contribution in [3.8, 4) is 11.8 Å². The lowest BCUT2D eigenvalue weighted by atomic mass is 10.1. The van der Waals surface area contributed by atoms with Gasteiger partial charge >= 0.3 is 0 Å². The van der Waals surface area contributed by atoms with Crippen LogP contribution in [0.2, 0.25) is 0 Å². The fourth-order valence-electron chi connectivity index (χ4n) is 1.57. The molecule has 0 amide bonds. The van der Waals surface area contributed by atoms with Gasteiger partial charge in [0.15, 0.2) is 0 Å². The number of ether oxygens (including phenoxy) is 1. The molecule has 18 heavy (non-hydrogen) atoms. The summed E-state index contributed by atoms with van der Waals surface area (Å²) in [5.41, 5.74) is 8.46. The number of nitriles is 1. The maximum absolute atomic E-state index is 9.05. The number of nitrogens with one attached hydrogen (secondary N) is 1. The molecule has 90 valence electrons. The van der Waals surface area contributed by atoms with Gasteiger partial charge in [-0.05, 0) is 36.4 Å². The number of nitrogens with two attached hydrogens (primary N) is 1. The average Bonchev–Trinajstić information content (AvgIpc) is 2.41. The van der Waals surface area contributed by atoms with E-state index in [1.807, 2.05) is 12.1 Å². The Morgan fingerprint density at radius 2 is 1.89 bits per heavy atom. The molecule has 0 saturated carbocycles. The van der Waals surface area contributed by atoms with Gasteiger partial charge in [-0.15, -0.1) is 0 Å². The summed E-state index contributed by atoms with van der Waals surface area (Å²) in [7, 11) is 1.59. The van der Waals surface area contributed by atoms with E-state index >= 15 is 0 Å². The quantitative estimate of drug-likeness (QED) is 0.808. The molecule has 0 aliphatic carbocycles. The number of nitrogen functional groups attached to an aromatic ring is 1. The van der Waals surface area contributed by atoms with E-state index in [1.165, 1.54) is 0 Å². The highest BCUT2D eigenvalue weighted by molar-refractivity contribution is 5.69. The summed E-state index contributed by atoms with van der Waals surface area (Å²) in [6, 6.07) is 14.7. The maximum Gasteiger partial charge on any atom is 0.121 e. The minimum absolute atomic E-state index is 0.563. The van der Waals surface area contributed by atoms with Crippen molar-refractivity contribution in [3.63, 3.8) is 0 Å². The van der Waals surface area contributed by atoms with Crippen LogP contribution in [-0.2, 0) is 0 Å². The van der Waals surface area contributed by atoms with E-state index in [0.29, 0.717) is 22.7 Å². The van der Waals surface area contributed by atoms with E-state index in [0.717, 1.165) is 5.69 Å². The zero-order valence-corrected chi connectivity index (χ0v) is 9.97. The fraction of sp³-hybridized carbons (Fsp3) is 0.0714. The van der Waals surface area contributed by atoms with E-state index in [2.05, 4.69) is 11.4 Å². The van der Waals surface area contributed by atoms with Gasteiger partial charge in [0, 0.05) is 17.4 Å². The van der Waals surface area contributed by atoms with Crippen LogP contribution >= 0.6 is 0 Å². The summed E-state index contributed by atoms with van der Waals surface area (Å²) in [5.74, 6) is 0.701. The van der Waals surface area contributed by atoms with Crippen LogP contribution < -0.4 is 15.8 Å². The van der Waals surface area contributed by atoms with Gasteiger partial charge in [0.25, 0.3) is 0 Å². The summed E-state index contributed by atoms with van der Waals surface area (Å²) < 4.78 is 5.14. The molecule has 4 nitrogen and oxygen atoms in total. The van der Waals surface area contributed by atoms with Crippen LogP contribution in [0.1, 0.15) is 5.56 Å². The Balaban J connectivity index is 2.32. The van der Waals surface area contributed by atoms with Crippen LogP contribution in [-0.4, -0.2) is 7.11 Å². The van der Waals surface area contributed by atoms with Crippen molar-refractivity contribution in [1.82, 2.24) is 0 Å². The van der Waals surface area contributed by atoms with Gasteiger partial charge in [0.2, 0.25) is 0 Å². The lowest BCUT2D eigenvalue weighted by Gasteiger charge is -2.10. The third-order valence-corrected chi connectivity index (χ3v) is 2.54. The minimum Gasteiger partial charge on any atom is -0.497 e. The Morgan fingerprint density at radius 1 is 1.17 bits per heavy atom. The van der Waals surface area contributed by atoms with Crippen LogP contribution in [0.25, 0.3) is 0 Å². The number of benzene rings is 2. The zero-order chi connectivity index (χ0) is 13.0. The molecule has 0 spiro atoms. The van der Waals surface area contributed by atoms with Crippen molar-refractivity contribution < 1.29 is 4.74 Å². The molecule has 0 fully saturated rings. The van der Waals surface area contributed by atoms with Crippen molar-refractivity contribution >= 4 is 17.1 Å².